The van der Waals surface area contributed by atoms with Crippen molar-refractivity contribution in [2.75, 3.05) is 20.8 Å². The first kappa shape index (κ1) is 15.7. The summed E-state index contributed by atoms with van der Waals surface area (Å²) in [5.41, 5.74) is 0.627. The van der Waals surface area contributed by atoms with E-state index in [4.69, 9.17) is 18.9 Å². The van der Waals surface area contributed by atoms with Crippen molar-refractivity contribution in [1.29, 1.82) is 0 Å². The molecule has 0 aliphatic heterocycles. The van der Waals surface area contributed by atoms with Crippen LogP contribution in [-0.4, -0.2) is 41.7 Å². The topological polar surface area (TPSA) is 92.7 Å². The van der Waals surface area contributed by atoms with E-state index < -0.39 is 5.97 Å². The molecule has 0 spiro atoms. The predicted molar refractivity (Wildman–Crippen MR) is 68.6 cm³/mol. The lowest BCUT2D eigenvalue weighted by molar-refractivity contribution is -0.141. The molecule has 110 valence electrons. The van der Waals surface area contributed by atoms with Crippen LogP contribution in [0, 0.1) is 0 Å². The van der Waals surface area contributed by atoms with Gasteiger partial charge in [0.15, 0.2) is 0 Å². The van der Waals surface area contributed by atoms with E-state index in [1.807, 2.05) is 0 Å². The maximum absolute atomic E-state index is 11.8. The van der Waals surface area contributed by atoms with E-state index in [1.165, 1.54) is 14.2 Å². The fraction of sp³-hybridized carbons (Fsp3) is 0.500. The largest absolute Gasteiger partial charge is 0.467 e. The number of esters is 1. The van der Waals surface area contributed by atoms with Gasteiger partial charge in [-0.1, -0.05) is 0 Å². The quantitative estimate of drug-likeness (QED) is 0.435. The van der Waals surface area contributed by atoms with E-state index in [0.717, 1.165) is 0 Å². The van der Waals surface area contributed by atoms with E-state index in [9.17, 15) is 4.79 Å². The molecule has 0 unspecified atom stereocenters. The molecule has 20 heavy (non-hydrogen) atoms. The molecule has 0 fully saturated rings. The third-order valence-corrected chi connectivity index (χ3v) is 2.05. The van der Waals surface area contributed by atoms with Gasteiger partial charge in [0.2, 0.25) is 5.76 Å². The number of allylic oxidation sites excluding steroid dienone is 1. The zero-order valence-corrected chi connectivity index (χ0v) is 12.1. The standard InChI is InChI=1S/C12H17N3O5/c1-6-19-9(16)8(7(2)3)20-12-14-10(17-4)13-11(15-12)18-5/h6H2,1-5H3. The summed E-state index contributed by atoms with van der Waals surface area (Å²) in [6.45, 7) is 5.36. The summed E-state index contributed by atoms with van der Waals surface area (Å²) in [5.74, 6) is -0.576. The lowest BCUT2D eigenvalue weighted by atomic mass is 10.3. The highest BCUT2D eigenvalue weighted by Gasteiger charge is 2.18. The predicted octanol–water partition coefficient (Wildman–Crippen LogP) is 1.12. The Bertz CT molecular complexity index is 490. The van der Waals surface area contributed by atoms with E-state index in [1.54, 1.807) is 20.8 Å². The third kappa shape index (κ3) is 4.08. The Morgan fingerprint density at radius 1 is 1.00 bits per heavy atom. The molecule has 1 aromatic rings. The van der Waals surface area contributed by atoms with Gasteiger partial charge in [0, 0.05) is 0 Å². The number of nitrogens with zero attached hydrogens (tertiary/aromatic N) is 3. The number of aromatic nitrogens is 3. The Kier molecular flexibility index (Phi) is 5.70. The van der Waals surface area contributed by atoms with Crippen LogP contribution in [0.2, 0.25) is 0 Å². The number of ether oxygens (including phenoxy) is 4. The van der Waals surface area contributed by atoms with Gasteiger partial charge in [0.05, 0.1) is 20.8 Å². The molecule has 0 bridgehead atoms. The van der Waals surface area contributed by atoms with Crippen LogP contribution < -0.4 is 14.2 Å². The first-order chi connectivity index (χ1) is 9.51. The number of methoxy groups -OCH3 is 2. The monoisotopic (exact) mass is 283 g/mol. The number of carbonyl (C=O) groups is 1. The van der Waals surface area contributed by atoms with Crippen molar-refractivity contribution < 1.29 is 23.7 Å². The zero-order valence-electron chi connectivity index (χ0n) is 12.1. The van der Waals surface area contributed by atoms with Crippen LogP contribution in [0.5, 0.6) is 18.0 Å². The normalized spacial score (nSPS) is 9.65. The fourth-order valence-corrected chi connectivity index (χ4v) is 1.18. The molecule has 8 nitrogen and oxygen atoms in total. The lowest BCUT2D eigenvalue weighted by Gasteiger charge is -2.10. The third-order valence-electron chi connectivity index (χ3n) is 2.05. The molecule has 0 N–H and O–H groups in total. The number of hydrogen-bond donors (Lipinski definition) is 0. The van der Waals surface area contributed by atoms with E-state index in [0.29, 0.717) is 5.57 Å². The molecular weight excluding hydrogens is 266 g/mol. The molecule has 1 heterocycles. The zero-order chi connectivity index (χ0) is 15.1. The summed E-state index contributed by atoms with van der Waals surface area (Å²) in [6.07, 6.45) is 0. The van der Waals surface area contributed by atoms with Gasteiger partial charge in [-0.25, -0.2) is 4.79 Å². The summed E-state index contributed by atoms with van der Waals surface area (Å²) >= 11 is 0. The van der Waals surface area contributed by atoms with E-state index in [2.05, 4.69) is 15.0 Å². The Morgan fingerprint density at radius 3 is 1.90 bits per heavy atom. The summed E-state index contributed by atoms with van der Waals surface area (Å²) < 4.78 is 20.0. The number of carbonyl (C=O) groups excluding carboxylic acids is 1. The van der Waals surface area contributed by atoms with Gasteiger partial charge in [0.25, 0.3) is 0 Å². The molecular formula is C12H17N3O5. The van der Waals surface area contributed by atoms with Crippen LogP contribution in [0.15, 0.2) is 11.3 Å². The van der Waals surface area contributed by atoms with Gasteiger partial charge in [-0.05, 0) is 26.3 Å². The Balaban J connectivity index is 3.06. The molecule has 1 aromatic heterocycles. The molecule has 8 heteroatoms. The van der Waals surface area contributed by atoms with Crippen LogP contribution in [0.25, 0.3) is 0 Å². The SMILES string of the molecule is CCOC(=O)C(Oc1nc(OC)nc(OC)n1)=C(C)C. The van der Waals surface area contributed by atoms with Gasteiger partial charge in [-0.15, -0.1) is 15.0 Å². The van der Waals surface area contributed by atoms with Gasteiger partial charge in [0.1, 0.15) is 0 Å². The van der Waals surface area contributed by atoms with Crippen molar-refractivity contribution in [3.8, 4) is 18.0 Å². The maximum atomic E-state index is 11.8. The Morgan fingerprint density at radius 2 is 1.50 bits per heavy atom. The maximum Gasteiger partial charge on any atom is 0.374 e. The second kappa shape index (κ2) is 7.27. The molecule has 0 saturated carbocycles. The average molecular weight is 283 g/mol. The number of rotatable bonds is 6. The van der Waals surface area contributed by atoms with Gasteiger partial charge in [-0.2, -0.15) is 0 Å². The molecule has 0 amide bonds. The first-order valence-electron chi connectivity index (χ1n) is 5.88. The summed E-state index contributed by atoms with van der Waals surface area (Å²) in [4.78, 5) is 23.3. The second-order valence-corrected chi connectivity index (χ2v) is 3.74. The highest BCUT2D eigenvalue weighted by atomic mass is 16.6. The molecule has 0 radical (unpaired) electrons. The minimum atomic E-state index is -0.592. The van der Waals surface area contributed by atoms with Crippen molar-refractivity contribution in [3.63, 3.8) is 0 Å². The van der Waals surface area contributed by atoms with Crippen molar-refractivity contribution in [1.82, 2.24) is 15.0 Å². The Hall–Kier alpha value is -2.38. The molecule has 0 aliphatic carbocycles. The Labute approximate surface area is 116 Å². The van der Waals surface area contributed by atoms with Crippen molar-refractivity contribution in [2.24, 2.45) is 0 Å². The highest BCUT2D eigenvalue weighted by Crippen LogP contribution is 2.17. The van der Waals surface area contributed by atoms with Gasteiger partial charge >= 0.3 is 24.0 Å². The second-order valence-electron chi connectivity index (χ2n) is 3.74. The van der Waals surface area contributed by atoms with Crippen LogP contribution in [0.3, 0.4) is 0 Å². The van der Waals surface area contributed by atoms with Gasteiger partial charge in [-0.3, -0.25) is 0 Å². The average Bonchev–Trinajstić information content (AvgIpc) is 2.44. The highest BCUT2D eigenvalue weighted by molar-refractivity contribution is 5.87. The number of hydrogen-bond acceptors (Lipinski definition) is 8. The van der Waals surface area contributed by atoms with Crippen LogP contribution in [0.1, 0.15) is 20.8 Å². The smallest absolute Gasteiger partial charge is 0.374 e. The molecule has 1 rings (SSSR count). The fourth-order valence-electron chi connectivity index (χ4n) is 1.18. The van der Waals surface area contributed by atoms with Crippen molar-refractivity contribution >= 4 is 5.97 Å². The summed E-state index contributed by atoms with van der Waals surface area (Å²) in [5, 5.41) is 0. The van der Waals surface area contributed by atoms with Crippen LogP contribution >= 0.6 is 0 Å². The lowest BCUT2D eigenvalue weighted by Crippen LogP contribution is -2.16. The van der Waals surface area contributed by atoms with Crippen LogP contribution in [0.4, 0.5) is 0 Å². The molecule has 0 aromatic carbocycles. The van der Waals surface area contributed by atoms with Crippen LogP contribution in [-0.2, 0) is 9.53 Å². The van der Waals surface area contributed by atoms with Crippen molar-refractivity contribution in [3.05, 3.63) is 11.3 Å². The van der Waals surface area contributed by atoms with E-state index in [-0.39, 0.29) is 30.4 Å². The van der Waals surface area contributed by atoms with Crippen molar-refractivity contribution in [2.45, 2.75) is 20.8 Å². The minimum absolute atomic E-state index is 0.0159. The summed E-state index contributed by atoms with van der Waals surface area (Å²) in [6, 6.07) is -0.0782. The molecule has 0 atom stereocenters. The first-order valence-corrected chi connectivity index (χ1v) is 5.88. The minimum Gasteiger partial charge on any atom is -0.467 e. The molecule has 0 saturated heterocycles. The summed E-state index contributed by atoms with van der Waals surface area (Å²) in [7, 11) is 2.79. The van der Waals surface area contributed by atoms with Gasteiger partial charge < -0.3 is 18.9 Å². The van der Waals surface area contributed by atoms with E-state index >= 15 is 0 Å². The molecule has 0 aliphatic rings.